The molecule has 3 heterocycles. The highest BCUT2D eigenvalue weighted by molar-refractivity contribution is 5.87. The molecule has 0 atom stereocenters. The molecule has 0 unspecified atom stereocenters. The van der Waals surface area contributed by atoms with E-state index in [4.69, 9.17) is 19.9 Å². The lowest BCUT2D eigenvalue weighted by molar-refractivity contribution is 0.660. The SMILES string of the molecule is CC1(C)c2ccccc2-c2cc(-c3cc(-c4cc(-c5ccccn5)cc(-c5ccccn5)c4)nc(-c4ccc5c(c4)-c4ccccc4C5(C)C)n3)ccc21. The van der Waals surface area contributed by atoms with Crippen LogP contribution >= 0.6 is 0 Å². The molecule has 54 heavy (non-hydrogen) atoms. The summed E-state index contributed by atoms with van der Waals surface area (Å²) in [6.45, 7) is 9.26. The van der Waals surface area contributed by atoms with Crippen LogP contribution in [0.4, 0.5) is 0 Å². The molecule has 4 nitrogen and oxygen atoms in total. The summed E-state index contributed by atoms with van der Waals surface area (Å²) in [6, 6.07) is 51.9. The average molecular weight is 695 g/mol. The van der Waals surface area contributed by atoms with Crippen molar-refractivity contribution < 1.29 is 0 Å². The fourth-order valence-electron chi connectivity index (χ4n) is 8.75. The molecule has 2 aliphatic rings. The normalized spacial score (nSPS) is 14.2. The third kappa shape index (κ3) is 5.05. The highest BCUT2D eigenvalue weighted by atomic mass is 14.9. The van der Waals surface area contributed by atoms with Crippen molar-refractivity contribution in [2.24, 2.45) is 0 Å². The van der Waals surface area contributed by atoms with Crippen LogP contribution in [0.15, 0.2) is 158 Å². The van der Waals surface area contributed by atoms with Crippen molar-refractivity contribution in [3.8, 4) is 78.7 Å². The van der Waals surface area contributed by atoms with Gasteiger partial charge < -0.3 is 0 Å². The van der Waals surface area contributed by atoms with Crippen molar-refractivity contribution in [1.29, 1.82) is 0 Å². The van der Waals surface area contributed by atoms with E-state index in [2.05, 4.69) is 137 Å². The first kappa shape index (κ1) is 32.2. The average Bonchev–Trinajstić information content (AvgIpc) is 3.60. The number of aromatic nitrogens is 4. The van der Waals surface area contributed by atoms with Gasteiger partial charge in [-0.3, -0.25) is 9.97 Å². The molecular weight excluding hydrogens is 657 g/mol. The molecule has 0 saturated carbocycles. The van der Waals surface area contributed by atoms with Crippen molar-refractivity contribution in [2.75, 3.05) is 0 Å². The summed E-state index contributed by atoms with van der Waals surface area (Å²) in [5.74, 6) is 0.691. The lowest BCUT2D eigenvalue weighted by Gasteiger charge is -2.21. The van der Waals surface area contributed by atoms with Gasteiger partial charge in [0.1, 0.15) is 0 Å². The molecule has 258 valence electrons. The highest BCUT2D eigenvalue weighted by Crippen LogP contribution is 2.51. The predicted octanol–water partition coefficient (Wildman–Crippen LogP) is 12.2. The van der Waals surface area contributed by atoms with E-state index in [1.54, 1.807) is 0 Å². The quantitative estimate of drug-likeness (QED) is 0.180. The first-order valence-electron chi connectivity index (χ1n) is 18.6. The Labute approximate surface area is 316 Å². The summed E-state index contributed by atoms with van der Waals surface area (Å²) in [5.41, 5.74) is 18.8. The number of rotatable bonds is 5. The second-order valence-corrected chi connectivity index (χ2v) is 15.6. The van der Waals surface area contributed by atoms with Crippen molar-refractivity contribution in [1.82, 2.24) is 19.9 Å². The zero-order chi connectivity index (χ0) is 36.6. The third-order valence-electron chi connectivity index (χ3n) is 11.6. The molecule has 0 radical (unpaired) electrons. The molecule has 3 aromatic heterocycles. The zero-order valence-electron chi connectivity index (χ0n) is 30.8. The predicted molar refractivity (Wildman–Crippen MR) is 220 cm³/mol. The van der Waals surface area contributed by atoms with E-state index in [-0.39, 0.29) is 10.8 Å². The van der Waals surface area contributed by atoms with Crippen molar-refractivity contribution in [2.45, 2.75) is 38.5 Å². The van der Waals surface area contributed by atoms with Gasteiger partial charge >= 0.3 is 0 Å². The van der Waals surface area contributed by atoms with E-state index in [0.29, 0.717) is 5.82 Å². The van der Waals surface area contributed by atoms with Crippen LogP contribution in [0.2, 0.25) is 0 Å². The van der Waals surface area contributed by atoms with Gasteiger partial charge in [-0.1, -0.05) is 113 Å². The third-order valence-corrected chi connectivity index (χ3v) is 11.6. The highest BCUT2D eigenvalue weighted by Gasteiger charge is 2.36. The van der Waals surface area contributed by atoms with E-state index in [9.17, 15) is 0 Å². The minimum absolute atomic E-state index is 0.0747. The topological polar surface area (TPSA) is 51.6 Å². The number of hydrogen-bond acceptors (Lipinski definition) is 4. The molecule has 0 aliphatic heterocycles. The molecule has 0 bridgehead atoms. The summed E-state index contributed by atoms with van der Waals surface area (Å²) in [6.07, 6.45) is 3.67. The number of pyridine rings is 2. The number of fused-ring (bicyclic) bond motifs is 6. The Kier molecular flexibility index (Phi) is 7.15. The standard InChI is InChI=1S/C50H38N4/c1-49(2)40-15-7-5-13-36(40)38-28-31(19-21-42(38)49)46-30-47(35-26-33(44-17-9-11-23-51-44)25-34(27-35)45-18-10-12-24-52-45)54-48(53-46)32-20-22-43-39(29-32)37-14-6-8-16-41(37)50(43,3)4/h5-30H,1-4H3. The van der Waals surface area contributed by atoms with E-state index in [1.807, 2.05) is 48.8 Å². The molecule has 5 aromatic carbocycles. The molecule has 2 aliphatic carbocycles. The first-order valence-corrected chi connectivity index (χ1v) is 18.6. The van der Waals surface area contributed by atoms with Crippen LogP contribution in [0, 0.1) is 0 Å². The van der Waals surface area contributed by atoms with E-state index in [0.717, 1.165) is 50.6 Å². The fourth-order valence-corrected chi connectivity index (χ4v) is 8.75. The molecule has 4 heteroatoms. The van der Waals surface area contributed by atoms with Crippen LogP contribution < -0.4 is 0 Å². The Morgan fingerprint density at radius 1 is 0.333 bits per heavy atom. The smallest absolute Gasteiger partial charge is 0.160 e. The number of benzene rings is 5. The maximum absolute atomic E-state index is 5.37. The van der Waals surface area contributed by atoms with Gasteiger partial charge in [-0.15, -0.1) is 0 Å². The lowest BCUT2D eigenvalue weighted by atomic mass is 9.82. The molecule has 0 spiro atoms. The second-order valence-electron chi connectivity index (χ2n) is 15.6. The summed E-state index contributed by atoms with van der Waals surface area (Å²) >= 11 is 0. The number of nitrogens with zero attached hydrogens (tertiary/aromatic N) is 4. The maximum Gasteiger partial charge on any atom is 0.160 e. The van der Waals surface area contributed by atoms with Crippen molar-refractivity contribution in [3.63, 3.8) is 0 Å². The van der Waals surface area contributed by atoms with Crippen LogP contribution in [-0.2, 0) is 10.8 Å². The van der Waals surface area contributed by atoms with Gasteiger partial charge in [-0.2, -0.15) is 0 Å². The van der Waals surface area contributed by atoms with Gasteiger partial charge in [-0.05, 0) is 105 Å². The summed E-state index contributed by atoms with van der Waals surface area (Å²) in [7, 11) is 0. The van der Waals surface area contributed by atoms with Crippen molar-refractivity contribution >= 4 is 0 Å². The maximum atomic E-state index is 5.37. The lowest BCUT2D eigenvalue weighted by Crippen LogP contribution is -2.14. The number of hydrogen-bond donors (Lipinski definition) is 0. The Balaban J connectivity index is 1.20. The van der Waals surface area contributed by atoms with Crippen LogP contribution in [0.3, 0.4) is 0 Å². The van der Waals surface area contributed by atoms with Crippen LogP contribution in [-0.4, -0.2) is 19.9 Å². The Morgan fingerprint density at radius 2 is 0.759 bits per heavy atom. The van der Waals surface area contributed by atoms with E-state index >= 15 is 0 Å². The zero-order valence-corrected chi connectivity index (χ0v) is 30.8. The Morgan fingerprint density at radius 3 is 1.28 bits per heavy atom. The second kappa shape index (κ2) is 12.0. The van der Waals surface area contributed by atoms with Crippen LogP contribution in [0.5, 0.6) is 0 Å². The summed E-state index contributed by atoms with van der Waals surface area (Å²) in [4.78, 5) is 20.2. The van der Waals surface area contributed by atoms with E-state index < -0.39 is 0 Å². The first-order chi connectivity index (χ1) is 26.3. The summed E-state index contributed by atoms with van der Waals surface area (Å²) in [5, 5.41) is 0. The Hall–Kier alpha value is -6.52. The Bertz CT molecular complexity index is 2580. The fraction of sp³-hybridized carbons (Fsp3) is 0.120. The minimum Gasteiger partial charge on any atom is -0.256 e. The van der Waals surface area contributed by atoms with E-state index in [1.165, 1.54) is 44.5 Å². The monoisotopic (exact) mass is 694 g/mol. The largest absolute Gasteiger partial charge is 0.256 e. The van der Waals surface area contributed by atoms with Crippen LogP contribution in [0.1, 0.15) is 49.9 Å². The molecule has 10 rings (SSSR count). The molecule has 0 amide bonds. The van der Waals surface area contributed by atoms with Gasteiger partial charge in [0.05, 0.1) is 22.8 Å². The molecular formula is C50H38N4. The van der Waals surface area contributed by atoms with Crippen LogP contribution in [0.25, 0.3) is 78.7 Å². The van der Waals surface area contributed by atoms with Crippen molar-refractivity contribution in [3.05, 3.63) is 180 Å². The van der Waals surface area contributed by atoms with Gasteiger partial charge in [-0.25, -0.2) is 9.97 Å². The van der Waals surface area contributed by atoms with Gasteiger partial charge in [0.25, 0.3) is 0 Å². The van der Waals surface area contributed by atoms with Gasteiger partial charge in [0.2, 0.25) is 0 Å². The molecule has 8 aromatic rings. The van der Waals surface area contributed by atoms with Gasteiger partial charge in [0.15, 0.2) is 5.82 Å². The minimum atomic E-state index is -0.0827. The van der Waals surface area contributed by atoms with Gasteiger partial charge in [0, 0.05) is 51.0 Å². The molecule has 0 N–H and O–H groups in total. The molecule has 0 fully saturated rings. The summed E-state index contributed by atoms with van der Waals surface area (Å²) < 4.78 is 0. The molecule has 0 saturated heterocycles.